The standard InChI is InChI=1S/C14H8F4N2/c1-9(7-19)13(14(16,17)18)11(8-20)6-10-2-4-12(15)5-3-10/h2-6H,1H3/b11-6+,13-9-. The molecule has 0 heterocycles. The molecule has 0 aliphatic heterocycles. The molecule has 0 unspecified atom stereocenters. The van der Waals surface area contributed by atoms with Crippen LogP contribution in [0, 0.1) is 28.5 Å². The van der Waals surface area contributed by atoms with E-state index in [1.807, 2.05) is 0 Å². The summed E-state index contributed by atoms with van der Waals surface area (Å²) in [6.45, 7) is 0.985. The van der Waals surface area contributed by atoms with Crippen molar-refractivity contribution in [3.63, 3.8) is 0 Å². The van der Waals surface area contributed by atoms with E-state index < -0.39 is 28.7 Å². The Morgan fingerprint density at radius 1 is 1.10 bits per heavy atom. The second kappa shape index (κ2) is 6.03. The summed E-state index contributed by atoms with van der Waals surface area (Å²) >= 11 is 0. The SMILES string of the molecule is C/C(C#N)=C(\C(C#N)=C\c1ccc(F)cc1)C(F)(F)F. The van der Waals surface area contributed by atoms with Gasteiger partial charge in [-0.2, -0.15) is 23.7 Å². The molecule has 1 aromatic carbocycles. The minimum Gasteiger partial charge on any atom is -0.207 e. The molecular weight excluding hydrogens is 272 g/mol. The van der Waals surface area contributed by atoms with Gasteiger partial charge < -0.3 is 0 Å². The van der Waals surface area contributed by atoms with E-state index in [9.17, 15) is 17.6 Å². The fourth-order valence-corrected chi connectivity index (χ4v) is 1.51. The van der Waals surface area contributed by atoms with E-state index in [1.54, 1.807) is 0 Å². The van der Waals surface area contributed by atoms with Crippen LogP contribution in [0.5, 0.6) is 0 Å². The van der Waals surface area contributed by atoms with Crippen LogP contribution in [0.15, 0.2) is 41.0 Å². The maximum atomic E-state index is 12.9. The van der Waals surface area contributed by atoms with Gasteiger partial charge in [-0.05, 0) is 30.7 Å². The van der Waals surface area contributed by atoms with Gasteiger partial charge in [-0.15, -0.1) is 0 Å². The van der Waals surface area contributed by atoms with Crippen molar-refractivity contribution in [1.82, 2.24) is 0 Å². The van der Waals surface area contributed by atoms with Crippen molar-refractivity contribution < 1.29 is 17.6 Å². The molecule has 0 radical (unpaired) electrons. The summed E-state index contributed by atoms with van der Waals surface area (Å²) in [5.41, 5.74) is -2.35. The van der Waals surface area contributed by atoms with Crippen molar-refractivity contribution in [3.8, 4) is 12.1 Å². The first kappa shape index (κ1) is 15.5. The zero-order valence-electron chi connectivity index (χ0n) is 10.3. The number of halogens is 4. The predicted molar refractivity (Wildman–Crippen MR) is 64.4 cm³/mol. The molecule has 1 rings (SSSR count). The second-order valence-corrected chi connectivity index (χ2v) is 3.83. The second-order valence-electron chi connectivity index (χ2n) is 3.83. The highest BCUT2D eigenvalue weighted by Gasteiger charge is 2.38. The van der Waals surface area contributed by atoms with Crippen molar-refractivity contribution in [1.29, 1.82) is 10.5 Å². The molecule has 1 aromatic rings. The highest BCUT2D eigenvalue weighted by molar-refractivity contribution is 5.66. The van der Waals surface area contributed by atoms with Crippen LogP contribution in [-0.2, 0) is 0 Å². The van der Waals surface area contributed by atoms with Crippen LogP contribution in [0.4, 0.5) is 17.6 Å². The van der Waals surface area contributed by atoms with E-state index in [1.165, 1.54) is 24.3 Å². The molecule has 0 aromatic heterocycles. The van der Waals surface area contributed by atoms with Gasteiger partial charge in [-0.3, -0.25) is 0 Å². The molecule has 0 aliphatic rings. The molecular formula is C14H8F4N2. The molecule has 0 atom stereocenters. The smallest absolute Gasteiger partial charge is 0.207 e. The number of nitrogens with zero attached hydrogens (tertiary/aromatic N) is 2. The van der Waals surface area contributed by atoms with Gasteiger partial charge in [0.1, 0.15) is 5.82 Å². The number of nitriles is 2. The fourth-order valence-electron chi connectivity index (χ4n) is 1.51. The van der Waals surface area contributed by atoms with Crippen LogP contribution < -0.4 is 0 Å². The summed E-state index contributed by atoms with van der Waals surface area (Å²) in [6.07, 6.45) is -3.86. The maximum absolute atomic E-state index is 12.9. The van der Waals surface area contributed by atoms with Crippen LogP contribution in [-0.4, -0.2) is 6.18 Å². The average Bonchev–Trinajstić information content (AvgIpc) is 2.38. The lowest BCUT2D eigenvalue weighted by Gasteiger charge is -2.11. The molecule has 0 amide bonds. The van der Waals surface area contributed by atoms with E-state index in [0.29, 0.717) is 0 Å². The van der Waals surface area contributed by atoms with Crippen LogP contribution in [0.25, 0.3) is 6.08 Å². The average molecular weight is 280 g/mol. The quantitative estimate of drug-likeness (QED) is 0.464. The molecule has 6 heteroatoms. The van der Waals surface area contributed by atoms with E-state index in [0.717, 1.165) is 25.1 Å². The summed E-state index contributed by atoms with van der Waals surface area (Å²) in [5.74, 6) is -0.541. The first-order chi connectivity index (χ1) is 9.29. The van der Waals surface area contributed by atoms with Crippen molar-refractivity contribution in [2.75, 3.05) is 0 Å². The van der Waals surface area contributed by atoms with Crippen molar-refractivity contribution in [2.45, 2.75) is 13.1 Å². The molecule has 0 spiro atoms. The van der Waals surface area contributed by atoms with Crippen molar-refractivity contribution >= 4 is 6.08 Å². The topological polar surface area (TPSA) is 47.6 Å². The molecule has 0 N–H and O–H groups in total. The van der Waals surface area contributed by atoms with Crippen LogP contribution in [0.2, 0.25) is 0 Å². The number of benzene rings is 1. The van der Waals surface area contributed by atoms with Gasteiger partial charge in [0.15, 0.2) is 0 Å². The first-order valence-corrected chi connectivity index (χ1v) is 5.35. The molecule has 0 saturated carbocycles. The third kappa shape index (κ3) is 3.69. The highest BCUT2D eigenvalue weighted by atomic mass is 19.4. The number of alkyl halides is 3. The summed E-state index contributed by atoms with van der Waals surface area (Å²) in [5, 5.41) is 17.5. The summed E-state index contributed by atoms with van der Waals surface area (Å²) in [4.78, 5) is 0. The summed E-state index contributed by atoms with van der Waals surface area (Å²) in [6, 6.07) is 7.42. The van der Waals surface area contributed by atoms with Crippen LogP contribution in [0.1, 0.15) is 12.5 Å². The van der Waals surface area contributed by atoms with Gasteiger partial charge in [0, 0.05) is 5.57 Å². The van der Waals surface area contributed by atoms with Crippen molar-refractivity contribution in [3.05, 3.63) is 52.4 Å². The lowest BCUT2D eigenvalue weighted by atomic mass is 9.99. The Bertz CT molecular complexity index is 638. The molecule has 0 aliphatic carbocycles. The first-order valence-electron chi connectivity index (χ1n) is 5.35. The third-order valence-corrected chi connectivity index (χ3v) is 2.40. The molecule has 0 bridgehead atoms. The molecule has 0 saturated heterocycles. The number of hydrogen-bond donors (Lipinski definition) is 0. The van der Waals surface area contributed by atoms with Gasteiger partial charge in [-0.1, -0.05) is 12.1 Å². The Hall–Kier alpha value is -2.60. The van der Waals surface area contributed by atoms with Crippen LogP contribution >= 0.6 is 0 Å². The summed E-state index contributed by atoms with van der Waals surface area (Å²) in [7, 11) is 0. The van der Waals surface area contributed by atoms with Gasteiger partial charge in [0.25, 0.3) is 0 Å². The van der Waals surface area contributed by atoms with E-state index >= 15 is 0 Å². The Labute approximate surface area is 112 Å². The minimum absolute atomic E-state index is 0.232. The lowest BCUT2D eigenvalue weighted by Crippen LogP contribution is -2.15. The van der Waals surface area contributed by atoms with Gasteiger partial charge >= 0.3 is 6.18 Å². The van der Waals surface area contributed by atoms with Crippen LogP contribution in [0.3, 0.4) is 0 Å². The Kier molecular flexibility index (Phi) is 4.66. The number of hydrogen-bond acceptors (Lipinski definition) is 2. The normalized spacial score (nSPS) is 13.2. The molecule has 0 fully saturated rings. The van der Waals surface area contributed by atoms with Gasteiger partial charge in [0.2, 0.25) is 0 Å². The highest BCUT2D eigenvalue weighted by Crippen LogP contribution is 2.34. The molecule has 2 nitrogen and oxygen atoms in total. The Morgan fingerprint density at radius 2 is 1.65 bits per heavy atom. The predicted octanol–water partition coefficient (Wildman–Crippen LogP) is 4.14. The largest absolute Gasteiger partial charge is 0.418 e. The Morgan fingerprint density at radius 3 is 2.05 bits per heavy atom. The molecule has 102 valence electrons. The third-order valence-electron chi connectivity index (χ3n) is 2.40. The van der Waals surface area contributed by atoms with Gasteiger partial charge in [-0.25, -0.2) is 4.39 Å². The fraction of sp³-hybridized carbons (Fsp3) is 0.143. The van der Waals surface area contributed by atoms with E-state index in [2.05, 4.69) is 0 Å². The minimum atomic E-state index is -4.82. The maximum Gasteiger partial charge on any atom is 0.418 e. The lowest BCUT2D eigenvalue weighted by molar-refractivity contribution is -0.0893. The Balaban J connectivity index is 3.42. The zero-order valence-corrected chi connectivity index (χ0v) is 10.3. The van der Waals surface area contributed by atoms with E-state index in [4.69, 9.17) is 10.5 Å². The number of allylic oxidation sites excluding steroid dienone is 3. The van der Waals surface area contributed by atoms with E-state index in [-0.39, 0.29) is 5.56 Å². The van der Waals surface area contributed by atoms with Gasteiger partial charge in [0.05, 0.1) is 23.3 Å². The zero-order chi connectivity index (χ0) is 15.3. The number of rotatable bonds is 2. The molecule has 20 heavy (non-hydrogen) atoms. The summed E-state index contributed by atoms with van der Waals surface area (Å²) < 4.78 is 51.4. The van der Waals surface area contributed by atoms with Crippen molar-refractivity contribution in [2.24, 2.45) is 0 Å². The monoisotopic (exact) mass is 280 g/mol.